The third kappa shape index (κ3) is 4.20. The number of carbonyl (C=O) groups is 1. The second kappa shape index (κ2) is 8.32. The van der Waals surface area contributed by atoms with E-state index in [1.807, 2.05) is 18.2 Å². The van der Waals surface area contributed by atoms with Crippen LogP contribution in [-0.4, -0.2) is 48.5 Å². The summed E-state index contributed by atoms with van der Waals surface area (Å²) in [6, 6.07) is 14.7. The number of carbonyl (C=O) groups excluding carboxylic acids is 1. The van der Waals surface area contributed by atoms with Gasteiger partial charge in [-0.25, -0.2) is 4.99 Å². The highest BCUT2D eigenvalue weighted by molar-refractivity contribution is 7.11. The standard InChI is InChI=1S/C21H26N4O2S/c1-14-8-9-17(28-14)12-23-20(26)18-13-25(11-10-22-18)21-24-15(2)19(27-21)16-6-4-3-5-7-16/h3-9,15,18-19,22H,10-13H2,1-2H3,(H,23,26)/t15-,18-,19+/m0/s1. The van der Waals surface area contributed by atoms with Crippen LogP contribution in [0, 0.1) is 6.92 Å². The molecule has 2 aliphatic heterocycles. The predicted octanol–water partition coefficient (Wildman–Crippen LogP) is 2.46. The smallest absolute Gasteiger partial charge is 0.288 e. The van der Waals surface area contributed by atoms with Crippen molar-refractivity contribution < 1.29 is 9.53 Å². The lowest BCUT2D eigenvalue weighted by atomic mass is 10.0. The maximum Gasteiger partial charge on any atom is 0.288 e. The molecule has 2 aromatic rings. The molecule has 0 radical (unpaired) electrons. The van der Waals surface area contributed by atoms with E-state index in [0.717, 1.165) is 18.7 Å². The Hall–Kier alpha value is -2.38. The number of ether oxygens (including phenoxy) is 1. The van der Waals surface area contributed by atoms with Gasteiger partial charge in [0.05, 0.1) is 12.6 Å². The van der Waals surface area contributed by atoms with Gasteiger partial charge in [-0.2, -0.15) is 0 Å². The second-order valence-corrected chi connectivity index (χ2v) is 8.66. The molecule has 7 heteroatoms. The normalized spacial score (nSPS) is 24.6. The van der Waals surface area contributed by atoms with Crippen molar-refractivity contribution in [2.75, 3.05) is 19.6 Å². The lowest BCUT2D eigenvalue weighted by molar-refractivity contribution is -0.124. The number of amidine groups is 1. The minimum absolute atomic E-state index is 0.0157. The fraction of sp³-hybridized carbons (Fsp3) is 0.429. The first-order chi connectivity index (χ1) is 13.6. The SMILES string of the molecule is Cc1ccc(CNC(=O)[C@@H]2CN(C3=N[C@@H](C)[C@H](c4ccccc4)O3)CCN2)s1. The molecule has 0 unspecified atom stereocenters. The number of benzene rings is 1. The van der Waals surface area contributed by atoms with Gasteiger partial charge in [-0.05, 0) is 31.5 Å². The molecular formula is C21H26N4O2S. The Morgan fingerprint density at radius 2 is 2.14 bits per heavy atom. The molecule has 148 valence electrons. The van der Waals surface area contributed by atoms with Crippen molar-refractivity contribution >= 4 is 23.3 Å². The van der Waals surface area contributed by atoms with Crippen molar-refractivity contribution in [1.29, 1.82) is 0 Å². The number of amides is 1. The minimum atomic E-state index is -0.271. The van der Waals surface area contributed by atoms with Gasteiger partial charge in [0.15, 0.2) is 0 Å². The Kier molecular flexibility index (Phi) is 5.64. The first-order valence-electron chi connectivity index (χ1n) is 9.71. The van der Waals surface area contributed by atoms with Crippen LogP contribution in [-0.2, 0) is 16.1 Å². The van der Waals surface area contributed by atoms with Gasteiger partial charge in [0, 0.05) is 29.4 Å². The van der Waals surface area contributed by atoms with E-state index in [1.54, 1.807) is 11.3 Å². The van der Waals surface area contributed by atoms with Crippen molar-refractivity contribution in [1.82, 2.24) is 15.5 Å². The van der Waals surface area contributed by atoms with E-state index in [4.69, 9.17) is 9.73 Å². The first kappa shape index (κ1) is 19.0. The molecule has 2 aliphatic rings. The number of aliphatic imine (C=N–C) groups is 1. The van der Waals surface area contributed by atoms with Crippen molar-refractivity contribution in [3.63, 3.8) is 0 Å². The zero-order chi connectivity index (χ0) is 19.5. The number of thiophene rings is 1. The lowest BCUT2D eigenvalue weighted by Gasteiger charge is -2.33. The minimum Gasteiger partial charge on any atom is -0.455 e. The molecule has 0 spiro atoms. The van der Waals surface area contributed by atoms with Gasteiger partial charge in [0.25, 0.3) is 6.02 Å². The van der Waals surface area contributed by atoms with Crippen LogP contribution in [0.25, 0.3) is 0 Å². The summed E-state index contributed by atoms with van der Waals surface area (Å²) in [5.74, 6) is 0.0157. The number of hydrogen-bond acceptors (Lipinski definition) is 6. The highest BCUT2D eigenvalue weighted by Crippen LogP contribution is 2.29. The fourth-order valence-electron chi connectivity index (χ4n) is 3.61. The van der Waals surface area contributed by atoms with Crippen molar-refractivity contribution in [3.8, 4) is 0 Å². The molecule has 1 amide bonds. The molecule has 28 heavy (non-hydrogen) atoms. The van der Waals surface area contributed by atoms with Crippen LogP contribution in [0.5, 0.6) is 0 Å². The molecular weight excluding hydrogens is 372 g/mol. The highest BCUT2D eigenvalue weighted by Gasteiger charge is 2.35. The fourth-order valence-corrected chi connectivity index (χ4v) is 4.44. The van der Waals surface area contributed by atoms with Crippen molar-refractivity contribution in [2.45, 2.75) is 38.6 Å². The van der Waals surface area contributed by atoms with Gasteiger partial charge in [0.1, 0.15) is 12.1 Å². The molecule has 0 bridgehead atoms. The molecule has 0 aliphatic carbocycles. The van der Waals surface area contributed by atoms with Crippen LogP contribution in [0.4, 0.5) is 0 Å². The number of nitrogens with zero attached hydrogens (tertiary/aromatic N) is 2. The topological polar surface area (TPSA) is 66.0 Å². The van der Waals surface area contributed by atoms with Gasteiger partial charge in [0.2, 0.25) is 5.91 Å². The molecule has 1 saturated heterocycles. The summed E-state index contributed by atoms with van der Waals surface area (Å²) in [5.41, 5.74) is 1.13. The van der Waals surface area contributed by atoms with Crippen LogP contribution in [0.3, 0.4) is 0 Å². The van der Waals surface area contributed by atoms with E-state index in [-0.39, 0.29) is 24.1 Å². The van der Waals surface area contributed by atoms with Crippen LogP contribution in [0.2, 0.25) is 0 Å². The maximum atomic E-state index is 12.6. The molecule has 2 N–H and O–H groups in total. The summed E-state index contributed by atoms with van der Waals surface area (Å²) in [4.78, 5) is 21.8. The Morgan fingerprint density at radius 1 is 1.32 bits per heavy atom. The highest BCUT2D eigenvalue weighted by atomic mass is 32.1. The zero-order valence-corrected chi connectivity index (χ0v) is 17.0. The number of nitrogens with one attached hydrogen (secondary N) is 2. The Labute approximate surface area is 169 Å². The van der Waals surface area contributed by atoms with Crippen LogP contribution in [0.15, 0.2) is 47.5 Å². The average molecular weight is 399 g/mol. The summed E-state index contributed by atoms with van der Waals surface area (Å²) in [6.07, 6.45) is -0.0690. The third-order valence-corrected chi connectivity index (χ3v) is 6.11. The van der Waals surface area contributed by atoms with Gasteiger partial charge < -0.3 is 20.3 Å². The van der Waals surface area contributed by atoms with Gasteiger partial charge in [-0.15, -0.1) is 11.3 Å². The number of rotatable bonds is 4. The summed E-state index contributed by atoms with van der Waals surface area (Å²) >= 11 is 1.71. The first-order valence-corrected chi connectivity index (χ1v) is 10.5. The average Bonchev–Trinajstić information content (AvgIpc) is 3.32. The van der Waals surface area contributed by atoms with Crippen LogP contribution >= 0.6 is 11.3 Å². The van der Waals surface area contributed by atoms with Gasteiger partial charge in [-0.3, -0.25) is 4.79 Å². The molecule has 1 aromatic carbocycles. The largest absolute Gasteiger partial charge is 0.455 e. The van der Waals surface area contributed by atoms with E-state index in [2.05, 4.69) is 53.6 Å². The summed E-state index contributed by atoms with van der Waals surface area (Å²) in [5, 5.41) is 6.35. The van der Waals surface area contributed by atoms with Crippen LogP contribution in [0.1, 0.15) is 28.3 Å². The second-order valence-electron chi connectivity index (χ2n) is 7.28. The zero-order valence-electron chi connectivity index (χ0n) is 16.2. The summed E-state index contributed by atoms with van der Waals surface area (Å²) in [7, 11) is 0. The Bertz CT molecular complexity index is 851. The molecule has 0 saturated carbocycles. The summed E-state index contributed by atoms with van der Waals surface area (Å²) in [6.45, 7) is 6.77. The van der Waals surface area contributed by atoms with Crippen LogP contribution < -0.4 is 10.6 Å². The van der Waals surface area contributed by atoms with E-state index < -0.39 is 0 Å². The molecule has 1 fully saturated rings. The van der Waals surface area contributed by atoms with E-state index >= 15 is 0 Å². The summed E-state index contributed by atoms with van der Waals surface area (Å²) < 4.78 is 6.18. The van der Waals surface area contributed by atoms with Gasteiger partial charge in [-0.1, -0.05) is 30.3 Å². The maximum absolute atomic E-state index is 12.6. The van der Waals surface area contributed by atoms with E-state index in [1.165, 1.54) is 9.75 Å². The number of aryl methyl sites for hydroxylation is 1. The van der Waals surface area contributed by atoms with E-state index in [0.29, 0.717) is 19.1 Å². The number of piperazine rings is 1. The van der Waals surface area contributed by atoms with Gasteiger partial charge >= 0.3 is 0 Å². The van der Waals surface area contributed by atoms with Crippen molar-refractivity contribution in [3.05, 3.63) is 57.8 Å². The molecule has 1 aromatic heterocycles. The molecule has 3 heterocycles. The molecule has 3 atom stereocenters. The van der Waals surface area contributed by atoms with E-state index in [9.17, 15) is 4.79 Å². The Balaban J connectivity index is 1.34. The number of hydrogen-bond donors (Lipinski definition) is 2. The Morgan fingerprint density at radius 3 is 2.89 bits per heavy atom. The predicted molar refractivity (Wildman–Crippen MR) is 111 cm³/mol. The molecule has 6 nitrogen and oxygen atoms in total. The monoisotopic (exact) mass is 398 g/mol. The quantitative estimate of drug-likeness (QED) is 0.830. The lowest BCUT2D eigenvalue weighted by Crippen LogP contribution is -2.58. The van der Waals surface area contributed by atoms with Crippen molar-refractivity contribution in [2.24, 2.45) is 4.99 Å². The third-order valence-electron chi connectivity index (χ3n) is 5.11. The molecule has 4 rings (SSSR count).